The summed E-state index contributed by atoms with van der Waals surface area (Å²) in [4.78, 5) is 15.6. The summed E-state index contributed by atoms with van der Waals surface area (Å²) in [6.07, 6.45) is 1.40. The predicted octanol–water partition coefficient (Wildman–Crippen LogP) is 3.55. The van der Waals surface area contributed by atoms with E-state index in [-0.39, 0.29) is 23.9 Å². The fraction of sp³-hybridized carbons (Fsp3) is 0.308. The van der Waals surface area contributed by atoms with Gasteiger partial charge in [0.1, 0.15) is 11.6 Å². The third-order valence-electron chi connectivity index (χ3n) is 2.47. The zero-order chi connectivity index (χ0) is 13.8. The van der Waals surface area contributed by atoms with E-state index >= 15 is 0 Å². The van der Waals surface area contributed by atoms with Crippen molar-refractivity contribution in [2.45, 2.75) is 26.2 Å². The van der Waals surface area contributed by atoms with E-state index in [0.717, 1.165) is 6.42 Å². The Hall–Kier alpha value is -1.56. The molecule has 100 valence electrons. The highest BCUT2D eigenvalue weighted by molar-refractivity contribution is 9.10. The molecule has 0 aliphatic heterocycles. The van der Waals surface area contributed by atoms with E-state index in [1.807, 2.05) is 6.92 Å². The first-order chi connectivity index (χ1) is 9.08. The summed E-state index contributed by atoms with van der Waals surface area (Å²) in [7, 11) is 0. The van der Waals surface area contributed by atoms with E-state index in [4.69, 9.17) is 4.52 Å². The van der Waals surface area contributed by atoms with Gasteiger partial charge in [0.2, 0.25) is 11.7 Å². The Balaban J connectivity index is 2.18. The lowest BCUT2D eigenvalue weighted by Crippen LogP contribution is -2.01. The minimum Gasteiger partial charge on any atom is -0.339 e. The van der Waals surface area contributed by atoms with Gasteiger partial charge in [0, 0.05) is 16.5 Å². The number of carbonyl (C=O) groups excluding carboxylic acids is 1. The molecule has 0 N–H and O–H groups in total. The molecule has 0 amide bonds. The number of benzene rings is 1. The highest BCUT2D eigenvalue weighted by Crippen LogP contribution is 2.22. The molecule has 0 saturated carbocycles. The van der Waals surface area contributed by atoms with Crippen LogP contribution in [0.1, 0.15) is 25.7 Å². The maximum Gasteiger partial charge on any atom is 0.234 e. The van der Waals surface area contributed by atoms with Crippen LogP contribution in [0.15, 0.2) is 27.2 Å². The second-order valence-electron chi connectivity index (χ2n) is 4.14. The van der Waals surface area contributed by atoms with Crippen LogP contribution >= 0.6 is 15.9 Å². The maximum absolute atomic E-state index is 13.3. The van der Waals surface area contributed by atoms with E-state index in [1.54, 1.807) is 6.07 Å². The van der Waals surface area contributed by atoms with E-state index in [9.17, 15) is 9.18 Å². The van der Waals surface area contributed by atoms with Crippen molar-refractivity contribution < 1.29 is 13.7 Å². The van der Waals surface area contributed by atoms with Gasteiger partial charge in [-0.3, -0.25) is 4.79 Å². The van der Waals surface area contributed by atoms with Gasteiger partial charge in [-0.05, 0) is 24.6 Å². The molecule has 1 heterocycles. The van der Waals surface area contributed by atoms with E-state index in [1.165, 1.54) is 12.1 Å². The summed E-state index contributed by atoms with van der Waals surface area (Å²) >= 11 is 3.20. The highest BCUT2D eigenvalue weighted by atomic mass is 79.9. The van der Waals surface area contributed by atoms with Crippen LogP contribution in [0.3, 0.4) is 0 Å². The van der Waals surface area contributed by atoms with Gasteiger partial charge < -0.3 is 4.52 Å². The summed E-state index contributed by atoms with van der Waals surface area (Å²) in [5, 5.41) is 3.76. The van der Waals surface area contributed by atoms with Crippen LogP contribution in [0.2, 0.25) is 0 Å². The summed E-state index contributed by atoms with van der Waals surface area (Å²) in [5.74, 6) is 0.198. The molecule has 6 heteroatoms. The number of Topliss-reactive ketones (excluding diaryl/α,β-unsaturated/α-hetero) is 1. The highest BCUT2D eigenvalue weighted by Gasteiger charge is 2.13. The number of hydrogen-bond donors (Lipinski definition) is 0. The number of carbonyl (C=O) groups is 1. The lowest BCUT2D eigenvalue weighted by atomic mass is 10.2. The van der Waals surface area contributed by atoms with Gasteiger partial charge in [0.25, 0.3) is 0 Å². The molecular weight excluding hydrogens is 315 g/mol. The molecule has 0 unspecified atom stereocenters. The molecule has 4 nitrogen and oxygen atoms in total. The number of aromatic nitrogens is 2. The van der Waals surface area contributed by atoms with Crippen molar-refractivity contribution in [1.82, 2.24) is 10.1 Å². The van der Waals surface area contributed by atoms with E-state index in [2.05, 4.69) is 26.1 Å². The van der Waals surface area contributed by atoms with Crippen molar-refractivity contribution in [2.24, 2.45) is 0 Å². The van der Waals surface area contributed by atoms with Crippen molar-refractivity contribution in [1.29, 1.82) is 0 Å². The lowest BCUT2D eigenvalue weighted by Gasteiger charge is -1.96. The Morgan fingerprint density at radius 3 is 2.89 bits per heavy atom. The van der Waals surface area contributed by atoms with Crippen LogP contribution in [0.5, 0.6) is 0 Å². The SMILES string of the molecule is CCCC(=O)Cc1nc(-c2cc(F)cc(Br)c2)no1. The lowest BCUT2D eigenvalue weighted by molar-refractivity contribution is -0.118. The largest absolute Gasteiger partial charge is 0.339 e. The van der Waals surface area contributed by atoms with Crippen molar-refractivity contribution in [2.75, 3.05) is 0 Å². The zero-order valence-electron chi connectivity index (χ0n) is 10.3. The quantitative estimate of drug-likeness (QED) is 0.843. The van der Waals surface area contributed by atoms with Crippen molar-refractivity contribution in [3.8, 4) is 11.4 Å². The van der Waals surface area contributed by atoms with Crippen LogP contribution in [-0.2, 0) is 11.2 Å². The van der Waals surface area contributed by atoms with Gasteiger partial charge in [-0.2, -0.15) is 4.98 Å². The Bertz CT molecular complexity index is 578. The molecule has 1 aromatic carbocycles. The molecule has 2 rings (SSSR count). The number of rotatable bonds is 5. The Morgan fingerprint density at radius 1 is 1.42 bits per heavy atom. The molecule has 2 aromatic rings. The van der Waals surface area contributed by atoms with Crippen molar-refractivity contribution in [3.63, 3.8) is 0 Å². The maximum atomic E-state index is 13.3. The number of hydrogen-bond acceptors (Lipinski definition) is 4. The second kappa shape index (κ2) is 6.06. The Labute approximate surface area is 118 Å². The molecule has 0 bridgehead atoms. The van der Waals surface area contributed by atoms with Gasteiger partial charge in [-0.25, -0.2) is 4.39 Å². The molecule has 19 heavy (non-hydrogen) atoms. The summed E-state index contributed by atoms with van der Waals surface area (Å²) in [6.45, 7) is 1.93. The minimum absolute atomic E-state index is 0.0538. The molecule has 0 aliphatic rings. The standard InChI is InChI=1S/C13H12BrFN2O2/c1-2-3-11(18)7-12-16-13(17-19-12)8-4-9(14)6-10(15)5-8/h4-6H,2-3,7H2,1H3. The van der Waals surface area contributed by atoms with Crippen LogP contribution < -0.4 is 0 Å². The first-order valence-electron chi connectivity index (χ1n) is 5.89. The topological polar surface area (TPSA) is 56.0 Å². The van der Waals surface area contributed by atoms with Gasteiger partial charge >= 0.3 is 0 Å². The smallest absolute Gasteiger partial charge is 0.234 e. The van der Waals surface area contributed by atoms with Crippen molar-refractivity contribution >= 4 is 21.7 Å². The average molecular weight is 327 g/mol. The third kappa shape index (κ3) is 3.70. The normalized spacial score (nSPS) is 10.7. The third-order valence-corrected chi connectivity index (χ3v) is 2.92. The second-order valence-corrected chi connectivity index (χ2v) is 5.05. The van der Waals surface area contributed by atoms with Crippen molar-refractivity contribution in [3.05, 3.63) is 34.4 Å². The average Bonchev–Trinajstić information content (AvgIpc) is 2.76. The van der Waals surface area contributed by atoms with Gasteiger partial charge in [0.05, 0.1) is 6.42 Å². The molecule has 0 atom stereocenters. The molecule has 0 aliphatic carbocycles. The van der Waals surface area contributed by atoms with E-state index < -0.39 is 5.82 Å². The molecule has 0 radical (unpaired) electrons. The first-order valence-corrected chi connectivity index (χ1v) is 6.68. The fourth-order valence-corrected chi connectivity index (χ4v) is 2.13. The summed E-state index contributed by atoms with van der Waals surface area (Å²) < 4.78 is 18.9. The molecule has 0 saturated heterocycles. The Morgan fingerprint density at radius 2 is 2.21 bits per heavy atom. The van der Waals surface area contributed by atoms with Crippen LogP contribution in [0.4, 0.5) is 4.39 Å². The first kappa shape index (κ1) is 13.9. The summed E-state index contributed by atoms with van der Waals surface area (Å²) in [5.41, 5.74) is 0.504. The number of halogens is 2. The van der Waals surface area contributed by atoms with Crippen LogP contribution in [0, 0.1) is 5.82 Å². The van der Waals surface area contributed by atoms with Crippen LogP contribution in [0.25, 0.3) is 11.4 Å². The monoisotopic (exact) mass is 326 g/mol. The van der Waals surface area contributed by atoms with E-state index in [0.29, 0.717) is 16.5 Å². The van der Waals surface area contributed by atoms with Gasteiger partial charge in [-0.1, -0.05) is 28.0 Å². The fourth-order valence-electron chi connectivity index (χ4n) is 1.66. The number of nitrogens with zero attached hydrogens (tertiary/aromatic N) is 2. The summed E-state index contributed by atoms with van der Waals surface area (Å²) in [6, 6.07) is 4.34. The minimum atomic E-state index is -0.391. The Kier molecular flexibility index (Phi) is 4.42. The molecule has 0 spiro atoms. The molecular formula is C13H12BrFN2O2. The van der Waals surface area contributed by atoms with Crippen LogP contribution in [-0.4, -0.2) is 15.9 Å². The molecule has 1 aromatic heterocycles. The molecule has 0 fully saturated rings. The number of ketones is 1. The van der Waals surface area contributed by atoms with Gasteiger partial charge in [0.15, 0.2) is 0 Å². The zero-order valence-corrected chi connectivity index (χ0v) is 11.9. The predicted molar refractivity (Wildman–Crippen MR) is 71.0 cm³/mol. The van der Waals surface area contributed by atoms with Gasteiger partial charge in [-0.15, -0.1) is 0 Å².